The first-order valence-corrected chi connectivity index (χ1v) is 9.49. The summed E-state index contributed by atoms with van der Waals surface area (Å²) in [6.07, 6.45) is 0. The molecule has 4 nitrogen and oxygen atoms in total. The molecule has 1 atom stereocenters. The molecule has 1 heterocycles. The summed E-state index contributed by atoms with van der Waals surface area (Å²) in [4.78, 5) is 26.0. The van der Waals surface area contributed by atoms with Crippen LogP contribution in [0.15, 0.2) is 18.2 Å². The SMILES string of the molecule is Cc1cccc(NC(=O)CN(C)C(=O)C2CSCCS2)c1C. The highest BCUT2D eigenvalue weighted by atomic mass is 32.2. The van der Waals surface area contributed by atoms with Gasteiger partial charge in [-0.3, -0.25) is 9.59 Å². The lowest BCUT2D eigenvalue weighted by Crippen LogP contribution is -2.41. The van der Waals surface area contributed by atoms with Crippen molar-refractivity contribution >= 4 is 41.0 Å². The van der Waals surface area contributed by atoms with Crippen molar-refractivity contribution in [2.75, 3.05) is 36.2 Å². The zero-order valence-electron chi connectivity index (χ0n) is 13.2. The summed E-state index contributed by atoms with van der Waals surface area (Å²) in [6, 6.07) is 5.82. The number of nitrogens with zero attached hydrogens (tertiary/aromatic N) is 1. The van der Waals surface area contributed by atoms with E-state index in [9.17, 15) is 9.59 Å². The standard InChI is InChI=1S/C16H22N2O2S2/c1-11-5-4-6-13(12(11)2)17-15(19)9-18(3)16(20)14-10-21-7-8-22-14/h4-6,14H,7-10H2,1-3H3,(H,17,19). The Balaban J connectivity index is 1.90. The van der Waals surface area contributed by atoms with E-state index in [1.165, 1.54) is 4.90 Å². The maximum absolute atomic E-state index is 12.3. The molecule has 1 aromatic carbocycles. The van der Waals surface area contributed by atoms with E-state index in [4.69, 9.17) is 0 Å². The molecule has 1 fully saturated rings. The Morgan fingerprint density at radius 1 is 1.32 bits per heavy atom. The number of likely N-dealkylation sites (N-methyl/N-ethyl adjacent to an activating group) is 1. The van der Waals surface area contributed by atoms with E-state index >= 15 is 0 Å². The third kappa shape index (κ3) is 4.43. The zero-order valence-corrected chi connectivity index (χ0v) is 14.9. The Kier molecular flexibility index (Phi) is 6.20. The fraction of sp³-hybridized carbons (Fsp3) is 0.500. The fourth-order valence-corrected chi connectivity index (χ4v) is 4.91. The van der Waals surface area contributed by atoms with E-state index in [0.29, 0.717) is 0 Å². The lowest BCUT2D eigenvalue weighted by Gasteiger charge is -2.25. The number of carbonyl (C=O) groups is 2. The molecule has 2 rings (SSSR count). The molecule has 1 saturated heterocycles. The summed E-state index contributed by atoms with van der Waals surface area (Å²) in [5.74, 6) is 2.84. The van der Waals surface area contributed by atoms with Gasteiger partial charge in [-0.2, -0.15) is 11.8 Å². The minimum atomic E-state index is -0.155. The summed E-state index contributed by atoms with van der Waals surface area (Å²) in [7, 11) is 1.70. The van der Waals surface area contributed by atoms with Gasteiger partial charge in [-0.15, -0.1) is 11.8 Å². The molecule has 0 radical (unpaired) electrons. The van der Waals surface area contributed by atoms with Crippen molar-refractivity contribution in [1.29, 1.82) is 0 Å². The quantitative estimate of drug-likeness (QED) is 0.917. The van der Waals surface area contributed by atoms with E-state index in [1.807, 2.05) is 32.0 Å². The third-order valence-corrected chi connectivity index (χ3v) is 6.47. The maximum Gasteiger partial charge on any atom is 0.243 e. The van der Waals surface area contributed by atoms with Gasteiger partial charge in [-0.25, -0.2) is 0 Å². The van der Waals surface area contributed by atoms with E-state index in [-0.39, 0.29) is 23.6 Å². The smallest absolute Gasteiger partial charge is 0.243 e. The van der Waals surface area contributed by atoms with Gasteiger partial charge in [0.15, 0.2) is 0 Å². The van der Waals surface area contributed by atoms with Gasteiger partial charge in [-0.1, -0.05) is 12.1 Å². The van der Waals surface area contributed by atoms with Crippen molar-refractivity contribution in [3.63, 3.8) is 0 Å². The molecule has 2 amide bonds. The molecule has 0 saturated carbocycles. The molecule has 120 valence electrons. The highest BCUT2D eigenvalue weighted by molar-refractivity contribution is 8.07. The number of rotatable bonds is 4. The van der Waals surface area contributed by atoms with Gasteiger partial charge in [0.1, 0.15) is 0 Å². The van der Waals surface area contributed by atoms with Crippen LogP contribution in [-0.2, 0) is 9.59 Å². The van der Waals surface area contributed by atoms with Crippen LogP contribution < -0.4 is 5.32 Å². The Labute approximate surface area is 140 Å². The number of hydrogen-bond acceptors (Lipinski definition) is 4. The van der Waals surface area contributed by atoms with Crippen molar-refractivity contribution in [2.45, 2.75) is 19.1 Å². The number of amides is 2. The lowest BCUT2D eigenvalue weighted by atomic mass is 10.1. The molecule has 0 aliphatic carbocycles. The van der Waals surface area contributed by atoms with Crippen LogP contribution >= 0.6 is 23.5 Å². The van der Waals surface area contributed by atoms with Gasteiger partial charge in [-0.05, 0) is 31.0 Å². The Morgan fingerprint density at radius 2 is 2.09 bits per heavy atom. The summed E-state index contributed by atoms with van der Waals surface area (Å²) >= 11 is 3.50. The number of anilines is 1. The Hall–Kier alpha value is -1.14. The summed E-state index contributed by atoms with van der Waals surface area (Å²) in [5.41, 5.74) is 3.01. The van der Waals surface area contributed by atoms with E-state index < -0.39 is 0 Å². The van der Waals surface area contributed by atoms with Crippen LogP contribution in [0, 0.1) is 13.8 Å². The minimum Gasteiger partial charge on any atom is -0.335 e. The summed E-state index contributed by atoms with van der Waals surface area (Å²) in [5, 5.41) is 2.88. The van der Waals surface area contributed by atoms with Gasteiger partial charge in [0, 0.05) is 30.0 Å². The molecule has 1 unspecified atom stereocenters. The maximum atomic E-state index is 12.3. The molecule has 0 bridgehead atoms. The zero-order chi connectivity index (χ0) is 16.1. The van der Waals surface area contributed by atoms with Gasteiger partial charge in [0.25, 0.3) is 0 Å². The Morgan fingerprint density at radius 3 is 2.77 bits per heavy atom. The summed E-state index contributed by atoms with van der Waals surface area (Å²) < 4.78 is 0. The van der Waals surface area contributed by atoms with Gasteiger partial charge in [0.05, 0.1) is 11.8 Å². The molecule has 22 heavy (non-hydrogen) atoms. The average Bonchev–Trinajstić information content (AvgIpc) is 2.52. The van der Waals surface area contributed by atoms with Crippen LogP contribution in [0.4, 0.5) is 5.69 Å². The first-order chi connectivity index (χ1) is 10.5. The lowest BCUT2D eigenvalue weighted by molar-refractivity contribution is -0.132. The number of carbonyl (C=O) groups excluding carboxylic acids is 2. The average molecular weight is 338 g/mol. The Bertz CT molecular complexity index is 557. The number of thioether (sulfide) groups is 2. The van der Waals surface area contributed by atoms with Crippen LogP contribution in [0.1, 0.15) is 11.1 Å². The van der Waals surface area contributed by atoms with Gasteiger partial charge >= 0.3 is 0 Å². The molecule has 1 aliphatic rings. The normalized spacial score (nSPS) is 17.9. The molecule has 1 N–H and O–H groups in total. The van der Waals surface area contributed by atoms with E-state index in [1.54, 1.807) is 30.6 Å². The van der Waals surface area contributed by atoms with Crippen molar-refractivity contribution in [3.8, 4) is 0 Å². The van der Waals surface area contributed by atoms with Gasteiger partial charge < -0.3 is 10.2 Å². The molecule has 6 heteroatoms. The van der Waals surface area contributed by atoms with Crippen molar-refractivity contribution < 1.29 is 9.59 Å². The predicted octanol–water partition coefficient (Wildman–Crippen LogP) is 2.55. The molecular formula is C16H22N2O2S2. The van der Waals surface area contributed by atoms with Crippen molar-refractivity contribution in [1.82, 2.24) is 4.90 Å². The third-order valence-electron chi connectivity index (χ3n) is 3.73. The highest BCUT2D eigenvalue weighted by Gasteiger charge is 2.26. The number of benzene rings is 1. The number of nitrogens with one attached hydrogen (secondary N) is 1. The first kappa shape index (κ1) is 17.2. The monoisotopic (exact) mass is 338 g/mol. The molecular weight excluding hydrogens is 316 g/mol. The van der Waals surface area contributed by atoms with Crippen molar-refractivity contribution in [3.05, 3.63) is 29.3 Å². The second-order valence-electron chi connectivity index (χ2n) is 5.42. The molecule has 1 aromatic rings. The predicted molar refractivity (Wildman–Crippen MR) is 95.8 cm³/mol. The first-order valence-electron chi connectivity index (χ1n) is 7.29. The van der Waals surface area contributed by atoms with Crippen LogP contribution in [-0.4, -0.2) is 52.8 Å². The second kappa shape index (κ2) is 7.92. The largest absolute Gasteiger partial charge is 0.335 e. The fourth-order valence-electron chi connectivity index (χ4n) is 2.25. The topological polar surface area (TPSA) is 49.4 Å². The molecule has 0 spiro atoms. The van der Waals surface area contributed by atoms with Crippen LogP contribution in [0.5, 0.6) is 0 Å². The highest BCUT2D eigenvalue weighted by Crippen LogP contribution is 2.25. The minimum absolute atomic E-state index is 0.0164. The summed E-state index contributed by atoms with van der Waals surface area (Å²) in [6.45, 7) is 4.09. The van der Waals surface area contributed by atoms with Crippen LogP contribution in [0.25, 0.3) is 0 Å². The molecule has 0 aromatic heterocycles. The number of hydrogen-bond donors (Lipinski definition) is 1. The van der Waals surface area contributed by atoms with Crippen LogP contribution in [0.2, 0.25) is 0 Å². The van der Waals surface area contributed by atoms with E-state index in [0.717, 1.165) is 34.1 Å². The van der Waals surface area contributed by atoms with Crippen LogP contribution in [0.3, 0.4) is 0 Å². The second-order valence-corrected chi connectivity index (χ2v) is 7.88. The number of aryl methyl sites for hydroxylation is 1. The van der Waals surface area contributed by atoms with Crippen molar-refractivity contribution in [2.24, 2.45) is 0 Å². The molecule has 1 aliphatic heterocycles. The van der Waals surface area contributed by atoms with Gasteiger partial charge in [0.2, 0.25) is 11.8 Å². The van der Waals surface area contributed by atoms with E-state index in [2.05, 4.69) is 5.32 Å².